The van der Waals surface area contributed by atoms with Crippen LogP contribution in [-0.2, 0) is 4.79 Å². The Morgan fingerprint density at radius 3 is 2.80 bits per heavy atom. The van der Waals surface area contributed by atoms with E-state index in [4.69, 9.17) is 5.73 Å². The molecule has 1 amide bonds. The zero-order valence-corrected chi connectivity index (χ0v) is 17.1. The predicted molar refractivity (Wildman–Crippen MR) is 118 cm³/mol. The second kappa shape index (κ2) is 9.26. The third kappa shape index (κ3) is 4.79. The monoisotopic (exact) mass is 407 g/mol. The summed E-state index contributed by atoms with van der Waals surface area (Å²) in [5.74, 6) is 0.899. The number of nitrogens with zero attached hydrogens (tertiary/aromatic N) is 2. The quantitative estimate of drug-likeness (QED) is 0.612. The molecule has 0 aromatic carbocycles. The topological polar surface area (TPSA) is 104 Å². The van der Waals surface area contributed by atoms with Gasteiger partial charge in [-0.3, -0.25) is 14.6 Å². The zero-order chi connectivity index (χ0) is 20.9. The Labute approximate surface area is 176 Å². The van der Waals surface area contributed by atoms with E-state index in [0.717, 1.165) is 43.4 Å². The molecule has 1 saturated carbocycles. The highest BCUT2D eigenvalue weighted by Crippen LogP contribution is 2.40. The number of rotatable bonds is 7. The van der Waals surface area contributed by atoms with Crippen LogP contribution in [0.4, 0.5) is 5.69 Å². The predicted octanol–water partition coefficient (Wildman–Crippen LogP) is 2.38. The van der Waals surface area contributed by atoms with Crippen LogP contribution in [0.3, 0.4) is 0 Å². The minimum absolute atomic E-state index is 0.0252. The molecule has 1 aliphatic heterocycles. The van der Waals surface area contributed by atoms with Gasteiger partial charge in [0.25, 0.3) is 5.56 Å². The first-order chi connectivity index (χ1) is 14.7. The lowest BCUT2D eigenvalue weighted by Gasteiger charge is -2.37. The largest absolute Gasteiger partial charge is 0.377 e. The maximum Gasteiger partial charge on any atom is 0.271 e. The average Bonchev–Trinajstić information content (AvgIpc) is 3.63. The Hall–Kier alpha value is -2.93. The molecule has 2 aromatic rings. The van der Waals surface area contributed by atoms with Crippen molar-refractivity contribution in [3.8, 4) is 11.1 Å². The van der Waals surface area contributed by atoms with Gasteiger partial charge in [-0.2, -0.15) is 0 Å². The van der Waals surface area contributed by atoms with E-state index in [-0.39, 0.29) is 17.5 Å². The van der Waals surface area contributed by atoms with Crippen molar-refractivity contribution in [3.05, 3.63) is 59.3 Å². The summed E-state index contributed by atoms with van der Waals surface area (Å²) in [6, 6.07) is 5.96. The van der Waals surface area contributed by atoms with Crippen LogP contribution in [0.15, 0.2) is 53.7 Å². The van der Waals surface area contributed by atoms with Crippen LogP contribution in [0.2, 0.25) is 0 Å². The lowest BCUT2D eigenvalue weighted by Crippen LogP contribution is -2.46. The highest BCUT2D eigenvalue weighted by molar-refractivity contribution is 5.87. The molecule has 1 aliphatic carbocycles. The van der Waals surface area contributed by atoms with E-state index in [1.807, 2.05) is 23.1 Å². The van der Waals surface area contributed by atoms with Gasteiger partial charge in [-0.15, -0.1) is 0 Å². The van der Waals surface area contributed by atoms with Crippen LogP contribution < -0.4 is 16.6 Å². The molecule has 1 unspecified atom stereocenters. The first kappa shape index (κ1) is 20.3. The van der Waals surface area contributed by atoms with Crippen molar-refractivity contribution in [2.24, 2.45) is 17.6 Å². The number of aromatic nitrogens is 2. The molecule has 3 heterocycles. The van der Waals surface area contributed by atoms with E-state index in [0.29, 0.717) is 30.6 Å². The molecule has 1 saturated heterocycles. The summed E-state index contributed by atoms with van der Waals surface area (Å²) in [6.07, 6.45) is 12.9. The van der Waals surface area contributed by atoms with Gasteiger partial charge in [0.1, 0.15) is 5.69 Å². The van der Waals surface area contributed by atoms with Crippen molar-refractivity contribution in [1.82, 2.24) is 14.9 Å². The van der Waals surface area contributed by atoms with Gasteiger partial charge in [-0.1, -0.05) is 6.08 Å². The number of piperidine rings is 1. The molecule has 0 spiro atoms. The summed E-state index contributed by atoms with van der Waals surface area (Å²) in [6.45, 7) is 1.86. The number of carbonyl (C=O) groups is 1. The number of nitrogens with one attached hydrogen (secondary N) is 2. The van der Waals surface area contributed by atoms with Crippen LogP contribution >= 0.6 is 0 Å². The number of carbonyl (C=O) groups excluding carboxylic acids is 1. The van der Waals surface area contributed by atoms with Crippen molar-refractivity contribution in [2.75, 3.05) is 25.0 Å². The minimum Gasteiger partial charge on any atom is -0.377 e. The van der Waals surface area contributed by atoms with Gasteiger partial charge in [0.15, 0.2) is 0 Å². The first-order valence-corrected chi connectivity index (χ1v) is 10.7. The van der Waals surface area contributed by atoms with Gasteiger partial charge in [0, 0.05) is 55.9 Å². The third-order valence-corrected chi connectivity index (χ3v) is 6.04. The van der Waals surface area contributed by atoms with Crippen molar-refractivity contribution in [2.45, 2.75) is 31.7 Å². The Morgan fingerprint density at radius 2 is 2.07 bits per heavy atom. The SMILES string of the molecule is NC/C=C/C(=O)N1CCCC([C@H](Nc2cc(-c3ccncc3)c[nH]c2=O)C2CC2)C1. The van der Waals surface area contributed by atoms with Crippen LogP contribution in [-0.4, -0.2) is 46.5 Å². The number of H-pyrrole nitrogens is 1. The second-order valence-electron chi connectivity index (χ2n) is 8.20. The van der Waals surface area contributed by atoms with E-state index in [2.05, 4.69) is 15.3 Å². The fraction of sp³-hybridized carbons (Fsp3) is 0.435. The highest BCUT2D eigenvalue weighted by Gasteiger charge is 2.39. The molecular weight excluding hydrogens is 378 g/mol. The molecule has 7 heteroatoms. The van der Waals surface area contributed by atoms with E-state index in [1.165, 1.54) is 0 Å². The molecule has 2 aliphatic rings. The van der Waals surface area contributed by atoms with Crippen molar-refractivity contribution < 1.29 is 4.79 Å². The Balaban J connectivity index is 1.52. The van der Waals surface area contributed by atoms with Gasteiger partial charge >= 0.3 is 0 Å². The molecule has 4 N–H and O–H groups in total. The van der Waals surface area contributed by atoms with Gasteiger partial charge in [0.2, 0.25) is 5.91 Å². The molecule has 0 bridgehead atoms. The van der Waals surface area contributed by atoms with Crippen molar-refractivity contribution in [3.63, 3.8) is 0 Å². The maximum absolute atomic E-state index is 12.5. The highest BCUT2D eigenvalue weighted by atomic mass is 16.2. The van der Waals surface area contributed by atoms with Crippen LogP contribution in [0, 0.1) is 11.8 Å². The summed E-state index contributed by atoms with van der Waals surface area (Å²) < 4.78 is 0. The normalized spacial score (nSPS) is 20.3. The van der Waals surface area contributed by atoms with Crippen LogP contribution in [0.5, 0.6) is 0 Å². The standard InChI is InChI=1S/C23H29N5O2/c24-9-1-4-21(29)28-12-2-3-18(15-28)22(17-5-6-17)27-20-13-19(14-26-23(20)30)16-7-10-25-11-8-16/h1,4,7-8,10-11,13-14,17-18,22,27H,2-3,5-6,9,12,15,24H2,(H,26,30)/b4-1+/t18?,22-/m1/s1. The molecule has 7 nitrogen and oxygen atoms in total. The van der Waals surface area contributed by atoms with Gasteiger partial charge in [-0.05, 0) is 61.3 Å². The van der Waals surface area contributed by atoms with Crippen molar-refractivity contribution >= 4 is 11.6 Å². The Bertz CT molecular complexity index is 952. The van der Waals surface area contributed by atoms with Crippen LogP contribution in [0.1, 0.15) is 25.7 Å². The molecule has 0 radical (unpaired) electrons. The Kier molecular flexibility index (Phi) is 6.28. The number of nitrogens with two attached hydrogens (primary N) is 1. The van der Waals surface area contributed by atoms with Crippen LogP contribution in [0.25, 0.3) is 11.1 Å². The number of hydrogen-bond acceptors (Lipinski definition) is 5. The Morgan fingerprint density at radius 1 is 1.27 bits per heavy atom. The molecule has 2 fully saturated rings. The van der Waals surface area contributed by atoms with E-state index in [9.17, 15) is 9.59 Å². The fourth-order valence-corrected chi connectivity index (χ4v) is 4.34. The number of amides is 1. The number of anilines is 1. The zero-order valence-electron chi connectivity index (χ0n) is 17.1. The van der Waals surface area contributed by atoms with Gasteiger partial charge in [0.05, 0.1) is 0 Å². The maximum atomic E-state index is 12.5. The van der Waals surface area contributed by atoms with E-state index < -0.39 is 0 Å². The lowest BCUT2D eigenvalue weighted by atomic mass is 9.87. The third-order valence-electron chi connectivity index (χ3n) is 6.04. The summed E-state index contributed by atoms with van der Waals surface area (Å²) >= 11 is 0. The van der Waals surface area contributed by atoms with Gasteiger partial charge < -0.3 is 20.9 Å². The second-order valence-corrected chi connectivity index (χ2v) is 8.20. The van der Waals surface area contributed by atoms with Crippen molar-refractivity contribution in [1.29, 1.82) is 0 Å². The molecule has 158 valence electrons. The fourth-order valence-electron chi connectivity index (χ4n) is 4.34. The molecule has 30 heavy (non-hydrogen) atoms. The number of aromatic amines is 1. The lowest BCUT2D eigenvalue weighted by molar-refractivity contribution is -0.127. The van der Waals surface area contributed by atoms with E-state index >= 15 is 0 Å². The number of likely N-dealkylation sites (tertiary alicyclic amines) is 1. The molecular formula is C23H29N5O2. The smallest absolute Gasteiger partial charge is 0.271 e. The summed E-state index contributed by atoms with van der Waals surface area (Å²) in [5.41, 5.74) is 7.91. The average molecular weight is 408 g/mol. The minimum atomic E-state index is -0.118. The first-order valence-electron chi connectivity index (χ1n) is 10.7. The number of pyridine rings is 2. The summed E-state index contributed by atoms with van der Waals surface area (Å²) in [4.78, 5) is 33.8. The molecule has 2 atom stereocenters. The number of hydrogen-bond donors (Lipinski definition) is 3. The summed E-state index contributed by atoms with van der Waals surface area (Å²) in [7, 11) is 0. The van der Waals surface area contributed by atoms with E-state index in [1.54, 1.807) is 30.7 Å². The molecule has 4 rings (SSSR count). The van der Waals surface area contributed by atoms with Gasteiger partial charge in [-0.25, -0.2) is 0 Å². The molecule has 2 aromatic heterocycles. The summed E-state index contributed by atoms with van der Waals surface area (Å²) in [5, 5.41) is 3.56.